The van der Waals surface area contributed by atoms with Crippen LogP contribution in [0.3, 0.4) is 0 Å². The second-order valence-corrected chi connectivity index (χ2v) is 4.30. The lowest BCUT2D eigenvalue weighted by molar-refractivity contribution is 0.417. The van der Waals surface area contributed by atoms with Crippen molar-refractivity contribution >= 4 is 0 Å². The Bertz CT molecular complexity index is 493. The smallest absolute Gasteiger partial charge is 0.259 e. The van der Waals surface area contributed by atoms with E-state index in [1.54, 1.807) is 12.4 Å². The quantitative estimate of drug-likeness (QED) is 0.872. The molecule has 0 atom stereocenters. The number of aryl methyl sites for hydroxylation is 1. The molecule has 0 aromatic carbocycles. The summed E-state index contributed by atoms with van der Waals surface area (Å²) in [6, 6.07) is 2.37. The maximum atomic E-state index is 5.20. The highest BCUT2D eigenvalue weighted by Gasteiger charge is 2.09. The molecule has 5 nitrogen and oxygen atoms in total. The molecule has 0 saturated heterocycles. The van der Waals surface area contributed by atoms with Gasteiger partial charge in [-0.05, 0) is 18.6 Å². The molecule has 2 heterocycles. The van der Waals surface area contributed by atoms with Crippen molar-refractivity contribution in [2.24, 2.45) is 0 Å². The van der Waals surface area contributed by atoms with Crippen molar-refractivity contribution in [2.75, 3.05) is 0 Å². The van der Waals surface area contributed by atoms with E-state index in [2.05, 4.69) is 34.3 Å². The maximum absolute atomic E-state index is 5.20. The fourth-order valence-corrected chi connectivity index (χ4v) is 1.41. The molecule has 0 aliphatic rings. The molecule has 2 rings (SSSR count). The van der Waals surface area contributed by atoms with Crippen molar-refractivity contribution in [3.05, 3.63) is 29.8 Å². The van der Waals surface area contributed by atoms with Crippen LogP contribution >= 0.6 is 0 Å². The predicted molar refractivity (Wildman–Crippen MR) is 64.2 cm³/mol. The number of nitrogens with zero attached hydrogens (tertiary/aromatic N) is 3. The van der Waals surface area contributed by atoms with Gasteiger partial charge < -0.3 is 9.84 Å². The largest absolute Gasteiger partial charge is 0.334 e. The molecular formula is C12H16N4O. The molecule has 0 spiro atoms. The molecule has 1 N–H and O–H groups in total. The van der Waals surface area contributed by atoms with Crippen LogP contribution in [0.1, 0.15) is 25.2 Å². The van der Waals surface area contributed by atoms with Gasteiger partial charge >= 0.3 is 0 Å². The average molecular weight is 232 g/mol. The van der Waals surface area contributed by atoms with E-state index < -0.39 is 0 Å². The molecule has 0 amide bonds. The van der Waals surface area contributed by atoms with Crippen LogP contribution in [0.2, 0.25) is 0 Å². The molecule has 0 aliphatic carbocycles. The molecule has 90 valence electrons. The van der Waals surface area contributed by atoms with Gasteiger partial charge in [-0.15, -0.1) is 0 Å². The van der Waals surface area contributed by atoms with Crippen LogP contribution in [0.25, 0.3) is 11.5 Å². The summed E-state index contributed by atoms with van der Waals surface area (Å²) in [7, 11) is 0. The number of aromatic nitrogens is 3. The zero-order valence-corrected chi connectivity index (χ0v) is 10.3. The summed E-state index contributed by atoms with van der Waals surface area (Å²) in [5.74, 6) is 1.18. The van der Waals surface area contributed by atoms with E-state index >= 15 is 0 Å². The van der Waals surface area contributed by atoms with Crippen LogP contribution in [-0.2, 0) is 6.54 Å². The summed E-state index contributed by atoms with van der Waals surface area (Å²) < 4.78 is 5.20. The topological polar surface area (TPSA) is 63.8 Å². The second-order valence-electron chi connectivity index (χ2n) is 4.30. The summed E-state index contributed by atoms with van der Waals surface area (Å²) in [5.41, 5.74) is 1.93. The zero-order chi connectivity index (χ0) is 12.3. The minimum absolute atomic E-state index is 0.401. The van der Waals surface area contributed by atoms with Crippen molar-refractivity contribution in [3.8, 4) is 11.5 Å². The van der Waals surface area contributed by atoms with Crippen LogP contribution in [0.15, 0.2) is 23.0 Å². The molecule has 0 unspecified atom stereocenters. The number of hydrogen-bond donors (Lipinski definition) is 1. The molecule has 17 heavy (non-hydrogen) atoms. The Labute approximate surface area is 100 Å². The monoisotopic (exact) mass is 232 g/mol. The van der Waals surface area contributed by atoms with Crippen LogP contribution in [0.5, 0.6) is 0 Å². The van der Waals surface area contributed by atoms with Gasteiger partial charge in [0.1, 0.15) is 0 Å². The number of rotatable bonds is 4. The van der Waals surface area contributed by atoms with Crippen molar-refractivity contribution in [2.45, 2.75) is 33.4 Å². The Balaban J connectivity index is 2.12. The molecule has 0 radical (unpaired) electrons. The minimum atomic E-state index is 0.401. The van der Waals surface area contributed by atoms with Gasteiger partial charge in [0.25, 0.3) is 5.89 Å². The molecule has 5 heteroatoms. The number of hydrogen-bond acceptors (Lipinski definition) is 5. The van der Waals surface area contributed by atoms with E-state index in [4.69, 9.17) is 4.52 Å². The maximum Gasteiger partial charge on any atom is 0.259 e. The normalized spacial score (nSPS) is 11.1. The fraction of sp³-hybridized carbons (Fsp3) is 0.417. The summed E-state index contributed by atoms with van der Waals surface area (Å²) >= 11 is 0. The summed E-state index contributed by atoms with van der Waals surface area (Å²) in [6.07, 6.45) is 3.52. The van der Waals surface area contributed by atoms with Crippen molar-refractivity contribution in [1.29, 1.82) is 0 Å². The van der Waals surface area contributed by atoms with E-state index in [1.807, 2.05) is 13.0 Å². The first-order valence-corrected chi connectivity index (χ1v) is 5.63. The molecule has 2 aromatic rings. The first-order valence-electron chi connectivity index (χ1n) is 5.63. The number of nitrogens with one attached hydrogen (secondary N) is 1. The van der Waals surface area contributed by atoms with Gasteiger partial charge in [-0.1, -0.05) is 19.0 Å². The Morgan fingerprint density at radius 1 is 1.35 bits per heavy atom. The zero-order valence-electron chi connectivity index (χ0n) is 10.3. The van der Waals surface area contributed by atoms with Crippen LogP contribution in [0.4, 0.5) is 0 Å². The van der Waals surface area contributed by atoms with Gasteiger partial charge in [0.05, 0.1) is 12.1 Å². The lowest BCUT2D eigenvalue weighted by Gasteiger charge is -2.03. The van der Waals surface area contributed by atoms with E-state index in [0.717, 1.165) is 11.1 Å². The number of pyridine rings is 1. The summed E-state index contributed by atoms with van der Waals surface area (Å²) in [6.45, 7) is 6.74. The lowest BCUT2D eigenvalue weighted by atomic mass is 10.2. The van der Waals surface area contributed by atoms with E-state index in [0.29, 0.717) is 24.3 Å². The molecule has 0 bridgehead atoms. The van der Waals surface area contributed by atoms with Crippen LogP contribution in [-0.4, -0.2) is 21.2 Å². The standard InChI is InChI=1S/C12H16N4O/c1-8(2)14-7-11-15-12(17-16-11)10-4-9(3)5-13-6-10/h4-6,8,14H,7H2,1-3H3. The third kappa shape index (κ3) is 3.10. The molecule has 0 fully saturated rings. The van der Waals surface area contributed by atoms with Gasteiger partial charge in [-0.2, -0.15) is 4.98 Å². The molecule has 0 aliphatic heterocycles. The van der Waals surface area contributed by atoms with Gasteiger partial charge in [0.15, 0.2) is 5.82 Å². The Morgan fingerprint density at radius 3 is 2.88 bits per heavy atom. The highest BCUT2D eigenvalue weighted by molar-refractivity contribution is 5.51. The second kappa shape index (κ2) is 5.05. The molecule has 0 saturated carbocycles. The highest BCUT2D eigenvalue weighted by Crippen LogP contribution is 2.16. The van der Waals surface area contributed by atoms with Gasteiger partial charge in [0, 0.05) is 18.4 Å². The Morgan fingerprint density at radius 2 is 2.18 bits per heavy atom. The fourth-order valence-electron chi connectivity index (χ4n) is 1.41. The molecular weight excluding hydrogens is 216 g/mol. The van der Waals surface area contributed by atoms with Crippen LogP contribution in [0, 0.1) is 6.92 Å². The first kappa shape index (κ1) is 11.7. The van der Waals surface area contributed by atoms with E-state index in [9.17, 15) is 0 Å². The SMILES string of the molecule is Cc1cncc(-c2nc(CNC(C)C)no2)c1. The van der Waals surface area contributed by atoms with Gasteiger partial charge in [-0.3, -0.25) is 4.98 Å². The first-order chi connectivity index (χ1) is 8.15. The van der Waals surface area contributed by atoms with Crippen LogP contribution < -0.4 is 5.32 Å². The van der Waals surface area contributed by atoms with E-state index in [1.165, 1.54) is 0 Å². The highest BCUT2D eigenvalue weighted by atomic mass is 16.5. The average Bonchev–Trinajstić information content (AvgIpc) is 2.75. The predicted octanol–water partition coefficient (Wildman–Crippen LogP) is 1.94. The molecule has 2 aromatic heterocycles. The third-order valence-electron chi connectivity index (χ3n) is 2.26. The summed E-state index contributed by atoms with van der Waals surface area (Å²) in [4.78, 5) is 8.41. The van der Waals surface area contributed by atoms with Gasteiger partial charge in [-0.25, -0.2) is 0 Å². The van der Waals surface area contributed by atoms with E-state index in [-0.39, 0.29) is 0 Å². The van der Waals surface area contributed by atoms with Crippen molar-refractivity contribution < 1.29 is 4.52 Å². The van der Waals surface area contributed by atoms with Gasteiger partial charge in [0.2, 0.25) is 0 Å². The Hall–Kier alpha value is -1.75. The minimum Gasteiger partial charge on any atom is -0.334 e. The lowest BCUT2D eigenvalue weighted by Crippen LogP contribution is -2.22. The van der Waals surface area contributed by atoms with Crippen molar-refractivity contribution in [1.82, 2.24) is 20.4 Å². The Kier molecular flexibility index (Phi) is 3.49. The van der Waals surface area contributed by atoms with Crippen molar-refractivity contribution in [3.63, 3.8) is 0 Å². The summed E-state index contributed by atoms with van der Waals surface area (Å²) in [5, 5.41) is 7.16. The third-order valence-corrected chi connectivity index (χ3v) is 2.26.